The fourth-order valence-electron chi connectivity index (χ4n) is 0.917. The Labute approximate surface area is 73.3 Å². The summed E-state index contributed by atoms with van der Waals surface area (Å²) in [6.07, 6.45) is 1.54. The molecule has 0 atom stereocenters. The SMILES string of the molecule is C/C=C(\C#N)C(=O)N(CC)CC. The summed E-state index contributed by atoms with van der Waals surface area (Å²) in [7, 11) is 0. The zero-order valence-corrected chi connectivity index (χ0v) is 7.79. The molecule has 0 fully saturated rings. The maximum Gasteiger partial charge on any atom is 0.264 e. The highest BCUT2D eigenvalue weighted by molar-refractivity contribution is 5.97. The van der Waals surface area contributed by atoms with E-state index in [9.17, 15) is 4.79 Å². The van der Waals surface area contributed by atoms with E-state index < -0.39 is 0 Å². The lowest BCUT2D eigenvalue weighted by Crippen LogP contribution is -2.31. The molecule has 0 bridgehead atoms. The summed E-state index contributed by atoms with van der Waals surface area (Å²) in [6.45, 7) is 6.78. The number of nitrogens with zero attached hydrogens (tertiary/aromatic N) is 2. The van der Waals surface area contributed by atoms with E-state index in [1.54, 1.807) is 17.9 Å². The van der Waals surface area contributed by atoms with Gasteiger partial charge in [-0.25, -0.2) is 0 Å². The van der Waals surface area contributed by atoms with Crippen LogP contribution in [-0.2, 0) is 4.79 Å². The molecule has 0 N–H and O–H groups in total. The number of carbonyl (C=O) groups excluding carboxylic acids is 1. The van der Waals surface area contributed by atoms with Crippen molar-refractivity contribution in [3.63, 3.8) is 0 Å². The lowest BCUT2D eigenvalue weighted by atomic mass is 10.2. The Bertz CT molecular complexity index is 221. The van der Waals surface area contributed by atoms with Crippen molar-refractivity contribution in [2.24, 2.45) is 0 Å². The van der Waals surface area contributed by atoms with Gasteiger partial charge in [-0.2, -0.15) is 5.26 Å². The van der Waals surface area contributed by atoms with Gasteiger partial charge in [-0.3, -0.25) is 4.79 Å². The van der Waals surface area contributed by atoms with Crippen molar-refractivity contribution in [1.82, 2.24) is 4.90 Å². The Morgan fingerprint density at radius 1 is 1.50 bits per heavy atom. The number of hydrogen-bond donors (Lipinski definition) is 0. The van der Waals surface area contributed by atoms with Crippen molar-refractivity contribution in [2.45, 2.75) is 20.8 Å². The third-order valence-electron chi connectivity index (χ3n) is 1.69. The second-order valence-corrected chi connectivity index (χ2v) is 2.29. The first kappa shape index (κ1) is 10.7. The normalized spacial score (nSPS) is 10.7. The van der Waals surface area contributed by atoms with Crippen LogP contribution in [0.1, 0.15) is 20.8 Å². The van der Waals surface area contributed by atoms with Gasteiger partial charge in [-0.15, -0.1) is 0 Å². The van der Waals surface area contributed by atoms with Gasteiger partial charge in [-0.05, 0) is 20.8 Å². The number of likely N-dealkylation sites (N-methyl/N-ethyl adjacent to an activating group) is 1. The van der Waals surface area contributed by atoms with Gasteiger partial charge in [0, 0.05) is 13.1 Å². The molecule has 0 saturated carbocycles. The van der Waals surface area contributed by atoms with Crippen molar-refractivity contribution in [1.29, 1.82) is 5.26 Å². The Morgan fingerprint density at radius 2 is 2.00 bits per heavy atom. The summed E-state index contributed by atoms with van der Waals surface area (Å²) in [6, 6.07) is 1.87. The zero-order valence-electron chi connectivity index (χ0n) is 7.79. The highest BCUT2D eigenvalue weighted by Crippen LogP contribution is 1.99. The van der Waals surface area contributed by atoms with Gasteiger partial charge < -0.3 is 4.90 Å². The molecule has 0 aliphatic heterocycles. The quantitative estimate of drug-likeness (QED) is 0.469. The Morgan fingerprint density at radius 3 is 2.25 bits per heavy atom. The number of hydrogen-bond acceptors (Lipinski definition) is 2. The van der Waals surface area contributed by atoms with Gasteiger partial charge in [0.1, 0.15) is 11.6 Å². The van der Waals surface area contributed by atoms with Crippen LogP contribution in [0.5, 0.6) is 0 Å². The molecule has 0 aliphatic carbocycles. The van der Waals surface area contributed by atoms with Crippen LogP contribution < -0.4 is 0 Å². The summed E-state index contributed by atoms with van der Waals surface area (Å²) >= 11 is 0. The van der Waals surface area contributed by atoms with E-state index in [1.165, 1.54) is 0 Å². The molecule has 0 rings (SSSR count). The molecule has 3 nitrogen and oxygen atoms in total. The van der Waals surface area contributed by atoms with Crippen LogP contribution in [0.2, 0.25) is 0 Å². The average Bonchev–Trinajstić information content (AvgIpc) is 2.09. The zero-order chi connectivity index (χ0) is 9.56. The van der Waals surface area contributed by atoms with Crippen LogP contribution in [0, 0.1) is 11.3 Å². The number of rotatable bonds is 3. The lowest BCUT2D eigenvalue weighted by molar-refractivity contribution is -0.126. The molecular formula is C9H14N2O. The molecule has 0 radical (unpaired) electrons. The van der Waals surface area contributed by atoms with Crippen LogP contribution in [0.3, 0.4) is 0 Å². The standard InChI is InChI=1S/C9H14N2O/c1-4-8(7-10)9(12)11(5-2)6-3/h4H,5-6H2,1-3H3/b8-4+. The molecule has 0 saturated heterocycles. The maximum absolute atomic E-state index is 11.4. The molecular weight excluding hydrogens is 152 g/mol. The van der Waals surface area contributed by atoms with Gasteiger partial charge in [0.2, 0.25) is 0 Å². The highest BCUT2D eigenvalue weighted by Gasteiger charge is 2.13. The van der Waals surface area contributed by atoms with Crippen LogP contribution in [0.4, 0.5) is 0 Å². The van der Waals surface area contributed by atoms with Crippen LogP contribution in [0.25, 0.3) is 0 Å². The predicted octanol–water partition coefficient (Wildman–Crippen LogP) is 1.32. The van der Waals surface area contributed by atoms with E-state index in [0.717, 1.165) is 0 Å². The molecule has 0 unspecified atom stereocenters. The largest absolute Gasteiger partial charge is 0.339 e. The Kier molecular flexibility index (Phi) is 4.78. The van der Waals surface area contributed by atoms with Crippen molar-refractivity contribution >= 4 is 5.91 Å². The van der Waals surface area contributed by atoms with Gasteiger partial charge in [0.05, 0.1) is 0 Å². The van der Waals surface area contributed by atoms with Crippen molar-refractivity contribution < 1.29 is 4.79 Å². The van der Waals surface area contributed by atoms with Crippen LogP contribution in [0.15, 0.2) is 11.6 Å². The first-order valence-corrected chi connectivity index (χ1v) is 4.06. The fourth-order valence-corrected chi connectivity index (χ4v) is 0.917. The smallest absolute Gasteiger partial charge is 0.264 e. The van der Waals surface area contributed by atoms with E-state index in [0.29, 0.717) is 13.1 Å². The number of allylic oxidation sites excluding steroid dienone is 1. The highest BCUT2D eigenvalue weighted by atomic mass is 16.2. The second-order valence-electron chi connectivity index (χ2n) is 2.29. The summed E-state index contributed by atoms with van der Waals surface area (Å²) in [5.41, 5.74) is 0.221. The minimum atomic E-state index is -0.176. The van der Waals surface area contributed by atoms with E-state index in [2.05, 4.69) is 0 Å². The van der Waals surface area contributed by atoms with Crippen LogP contribution in [-0.4, -0.2) is 23.9 Å². The minimum Gasteiger partial charge on any atom is -0.339 e. The third kappa shape index (κ3) is 2.39. The van der Waals surface area contributed by atoms with Crippen LogP contribution >= 0.6 is 0 Å². The molecule has 0 heterocycles. The molecule has 0 aliphatic rings. The molecule has 0 spiro atoms. The van der Waals surface area contributed by atoms with E-state index in [4.69, 9.17) is 5.26 Å². The number of amides is 1. The van der Waals surface area contributed by atoms with Gasteiger partial charge in [-0.1, -0.05) is 6.08 Å². The lowest BCUT2D eigenvalue weighted by Gasteiger charge is -2.17. The fraction of sp³-hybridized carbons (Fsp3) is 0.556. The van der Waals surface area contributed by atoms with Crippen molar-refractivity contribution in [3.8, 4) is 6.07 Å². The summed E-state index contributed by atoms with van der Waals surface area (Å²) in [5.74, 6) is -0.176. The monoisotopic (exact) mass is 166 g/mol. The summed E-state index contributed by atoms with van der Waals surface area (Å²) in [5, 5.41) is 8.57. The number of carbonyl (C=O) groups is 1. The molecule has 12 heavy (non-hydrogen) atoms. The van der Waals surface area contributed by atoms with E-state index in [1.807, 2.05) is 19.9 Å². The molecule has 1 amide bonds. The average molecular weight is 166 g/mol. The minimum absolute atomic E-state index is 0.176. The van der Waals surface area contributed by atoms with Gasteiger partial charge in [0.25, 0.3) is 5.91 Å². The molecule has 66 valence electrons. The van der Waals surface area contributed by atoms with E-state index in [-0.39, 0.29) is 11.5 Å². The molecule has 3 heteroatoms. The maximum atomic E-state index is 11.4. The molecule has 0 aromatic carbocycles. The number of nitriles is 1. The van der Waals surface area contributed by atoms with Crippen molar-refractivity contribution in [2.75, 3.05) is 13.1 Å². The summed E-state index contributed by atoms with van der Waals surface area (Å²) in [4.78, 5) is 13.0. The molecule has 0 aromatic heterocycles. The first-order valence-electron chi connectivity index (χ1n) is 4.06. The third-order valence-corrected chi connectivity index (χ3v) is 1.69. The van der Waals surface area contributed by atoms with Gasteiger partial charge in [0.15, 0.2) is 0 Å². The topological polar surface area (TPSA) is 44.1 Å². The summed E-state index contributed by atoms with van der Waals surface area (Å²) < 4.78 is 0. The van der Waals surface area contributed by atoms with Gasteiger partial charge >= 0.3 is 0 Å². The molecule has 0 aromatic rings. The predicted molar refractivity (Wildman–Crippen MR) is 47.3 cm³/mol. The Balaban J connectivity index is 4.48. The Hall–Kier alpha value is -1.30. The second kappa shape index (κ2) is 5.36. The first-order chi connectivity index (χ1) is 5.71. The van der Waals surface area contributed by atoms with E-state index >= 15 is 0 Å². The van der Waals surface area contributed by atoms with Crippen molar-refractivity contribution in [3.05, 3.63) is 11.6 Å².